The van der Waals surface area contributed by atoms with E-state index in [-0.39, 0.29) is 22.8 Å². The van der Waals surface area contributed by atoms with Crippen LogP contribution in [-0.4, -0.2) is 51.6 Å². The summed E-state index contributed by atoms with van der Waals surface area (Å²) in [5.41, 5.74) is 8.39. The van der Waals surface area contributed by atoms with E-state index in [9.17, 15) is 8.42 Å². The average molecular weight is 407 g/mol. The van der Waals surface area contributed by atoms with Gasteiger partial charge in [-0.05, 0) is 49.9 Å². The van der Waals surface area contributed by atoms with Gasteiger partial charge in [0.1, 0.15) is 5.69 Å². The van der Waals surface area contributed by atoms with Gasteiger partial charge in [-0.1, -0.05) is 19.1 Å². The van der Waals surface area contributed by atoms with Gasteiger partial charge in [0, 0.05) is 31.2 Å². The molecule has 0 aromatic carbocycles. The molecule has 154 valence electrons. The highest BCUT2D eigenvalue weighted by Crippen LogP contribution is 2.32. The number of pyridine rings is 1. The van der Waals surface area contributed by atoms with E-state index in [2.05, 4.69) is 21.7 Å². The van der Waals surface area contributed by atoms with Gasteiger partial charge in [-0.15, -0.1) is 0 Å². The number of nitrogens with one attached hydrogen (secondary N) is 1. The molecule has 0 radical (unpaired) electrons. The van der Waals surface area contributed by atoms with Crippen LogP contribution >= 0.6 is 0 Å². The van der Waals surface area contributed by atoms with Crippen LogP contribution in [0.2, 0.25) is 0 Å². The normalized spacial score (nSPS) is 24.1. The fourth-order valence-corrected chi connectivity index (χ4v) is 5.00. The largest absolute Gasteiger partial charge is 0.479 e. The fraction of sp³-hybridized carbons (Fsp3) is 0.550. The number of allylic oxidation sites excluding steroid dienone is 2. The van der Waals surface area contributed by atoms with Crippen LogP contribution in [-0.2, 0) is 22.9 Å². The Balaban J connectivity index is 1.89. The molecule has 0 spiro atoms. The quantitative estimate of drug-likeness (QED) is 0.775. The minimum absolute atomic E-state index is 0.0354. The van der Waals surface area contributed by atoms with Crippen LogP contribution < -0.4 is 15.2 Å². The highest BCUT2D eigenvalue weighted by atomic mass is 32.2. The van der Waals surface area contributed by atoms with Gasteiger partial charge >= 0.3 is 0 Å². The van der Waals surface area contributed by atoms with Crippen LogP contribution in [0.5, 0.6) is 5.88 Å². The molecule has 8 heteroatoms. The van der Waals surface area contributed by atoms with Crippen LogP contribution in [0.4, 0.5) is 5.69 Å². The number of sulfonamides is 1. The summed E-state index contributed by atoms with van der Waals surface area (Å²) in [5, 5.41) is 0. The SMILES string of the molecule is COc1nc2c(cc1NS(=O)(=O)C1=CC(C)C([C@@H](C)N)C=C1)CCN(C)CC2. The predicted molar refractivity (Wildman–Crippen MR) is 112 cm³/mol. The summed E-state index contributed by atoms with van der Waals surface area (Å²) in [6.07, 6.45) is 6.92. The molecule has 0 bridgehead atoms. The minimum Gasteiger partial charge on any atom is -0.479 e. The van der Waals surface area contributed by atoms with Crippen molar-refractivity contribution in [3.63, 3.8) is 0 Å². The first-order valence-electron chi connectivity index (χ1n) is 9.65. The summed E-state index contributed by atoms with van der Waals surface area (Å²) < 4.78 is 34.0. The number of fused-ring (bicyclic) bond motifs is 1. The van der Waals surface area contributed by atoms with Gasteiger partial charge in [0.15, 0.2) is 0 Å². The minimum atomic E-state index is -3.74. The second-order valence-corrected chi connectivity index (χ2v) is 9.47. The Hall–Kier alpha value is -1.90. The van der Waals surface area contributed by atoms with E-state index >= 15 is 0 Å². The number of ether oxygens (including phenoxy) is 1. The maximum absolute atomic E-state index is 13.0. The maximum atomic E-state index is 13.0. The molecule has 28 heavy (non-hydrogen) atoms. The maximum Gasteiger partial charge on any atom is 0.261 e. The van der Waals surface area contributed by atoms with Crippen molar-refractivity contribution < 1.29 is 13.2 Å². The molecular weight excluding hydrogens is 376 g/mol. The second kappa shape index (κ2) is 8.23. The second-order valence-electron chi connectivity index (χ2n) is 7.78. The molecule has 0 amide bonds. The van der Waals surface area contributed by atoms with Gasteiger partial charge in [0.25, 0.3) is 10.0 Å². The van der Waals surface area contributed by atoms with Gasteiger partial charge < -0.3 is 15.4 Å². The molecule has 1 aliphatic heterocycles. The Morgan fingerprint density at radius 2 is 2.07 bits per heavy atom. The number of nitrogens with two attached hydrogens (primary N) is 1. The number of hydrogen-bond acceptors (Lipinski definition) is 6. The third-order valence-corrected chi connectivity index (χ3v) is 6.90. The Kier molecular flexibility index (Phi) is 6.12. The number of likely N-dealkylation sites (N-methyl/N-ethyl adjacent to an activating group) is 1. The van der Waals surface area contributed by atoms with Gasteiger partial charge in [0.05, 0.1) is 12.0 Å². The summed E-state index contributed by atoms with van der Waals surface area (Å²) >= 11 is 0. The summed E-state index contributed by atoms with van der Waals surface area (Å²) in [4.78, 5) is 7.06. The Labute approximate surface area is 167 Å². The molecule has 0 saturated carbocycles. The Morgan fingerprint density at radius 1 is 1.36 bits per heavy atom. The molecule has 3 rings (SSSR count). The van der Waals surface area contributed by atoms with E-state index in [1.165, 1.54) is 7.11 Å². The van der Waals surface area contributed by atoms with E-state index < -0.39 is 10.0 Å². The van der Waals surface area contributed by atoms with Crippen LogP contribution in [0.3, 0.4) is 0 Å². The molecule has 2 unspecified atom stereocenters. The lowest BCUT2D eigenvalue weighted by Crippen LogP contribution is -2.31. The summed E-state index contributed by atoms with van der Waals surface area (Å²) in [5.74, 6) is 0.465. The highest BCUT2D eigenvalue weighted by molar-refractivity contribution is 7.96. The van der Waals surface area contributed by atoms with Gasteiger partial charge in [0.2, 0.25) is 5.88 Å². The molecule has 1 aromatic heterocycles. The van der Waals surface area contributed by atoms with Crippen molar-refractivity contribution in [1.82, 2.24) is 9.88 Å². The number of rotatable bonds is 5. The lowest BCUT2D eigenvalue weighted by atomic mass is 9.85. The predicted octanol–water partition coefficient (Wildman–Crippen LogP) is 1.92. The van der Waals surface area contributed by atoms with Gasteiger partial charge in [-0.2, -0.15) is 0 Å². The molecule has 7 nitrogen and oxygen atoms in total. The van der Waals surface area contributed by atoms with Crippen molar-refractivity contribution in [2.45, 2.75) is 32.7 Å². The monoisotopic (exact) mass is 406 g/mol. The van der Waals surface area contributed by atoms with Crippen LogP contribution in [0.25, 0.3) is 0 Å². The van der Waals surface area contributed by atoms with Crippen LogP contribution in [0.1, 0.15) is 25.1 Å². The molecular formula is C20H30N4O3S. The van der Waals surface area contributed by atoms with Crippen LogP contribution in [0.15, 0.2) is 29.2 Å². The number of hydrogen-bond donors (Lipinski definition) is 2. The number of aromatic nitrogens is 1. The zero-order chi connectivity index (χ0) is 20.5. The first-order chi connectivity index (χ1) is 13.2. The van der Waals surface area contributed by atoms with Crippen LogP contribution in [0, 0.1) is 11.8 Å². The lowest BCUT2D eigenvalue weighted by molar-refractivity contribution is 0.351. The summed E-state index contributed by atoms with van der Waals surface area (Å²) in [6, 6.07) is 1.82. The first kappa shape index (κ1) is 20.8. The van der Waals surface area contributed by atoms with Crippen molar-refractivity contribution in [3.05, 3.63) is 40.5 Å². The topological polar surface area (TPSA) is 97.5 Å². The standard InChI is InChI=1S/C20H30N4O3S/c1-13-11-16(5-6-17(13)14(2)21)28(25,26)23-19-12-15-7-9-24(3)10-8-18(15)22-20(19)27-4/h5-6,11-14,17,23H,7-10,21H2,1-4H3/t13?,14-,17?/m1/s1. The summed E-state index contributed by atoms with van der Waals surface area (Å²) in [7, 11) is -0.165. The number of nitrogens with zero attached hydrogens (tertiary/aromatic N) is 2. The summed E-state index contributed by atoms with van der Waals surface area (Å²) in [6.45, 7) is 5.75. The van der Waals surface area contributed by atoms with E-state index in [4.69, 9.17) is 10.5 Å². The molecule has 1 aliphatic carbocycles. The average Bonchev–Trinajstić information content (AvgIpc) is 2.82. The third-order valence-electron chi connectivity index (χ3n) is 5.52. The van der Waals surface area contributed by atoms with Gasteiger partial charge in [-0.3, -0.25) is 4.72 Å². The molecule has 0 fully saturated rings. The first-order valence-corrected chi connectivity index (χ1v) is 11.1. The third kappa shape index (κ3) is 4.39. The molecule has 1 aromatic rings. The fourth-order valence-electron chi connectivity index (χ4n) is 3.80. The van der Waals surface area contributed by atoms with Crippen molar-refractivity contribution in [2.75, 3.05) is 32.0 Å². The van der Waals surface area contributed by atoms with Crippen molar-refractivity contribution >= 4 is 15.7 Å². The number of anilines is 1. The van der Waals surface area contributed by atoms with Crippen molar-refractivity contribution in [3.8, 4) is 5.88 Å². The molecule has 3 N–H and O–H groups in total. The Morgan fingerprint density at radius 3 is 2.71 bits per heavy atom. The van der Waals surface area contributed by atoms with E-state index in [0.29, 0.717) is 11.6 Å². The van der Waals surface area contributed by atoms with E-state index in [1.807, 2.05) is 26.0 Å². The zero-order valence-corrected chi connectivity index (χ0v) is 17.8. The number of methoxy groups -OCH3 is 1. The van der Waals surface area contributed by atoms with Crippen molar-refractivity contribution in [2.24, 2.45) is 17.6 Å². The smallest absolute Gasteiger partial charge is 0.261 e. The van der Waals surface area contributed by atoms with E-state index in [1.54, 1.807) is 12.2 Å². The molecule has 2 heterocycles. The van der Waals surface area contributed by atoms with E-state index in [0.717, 1.165) is 37.2 Å². The molecule has 3 atom stereocenters. The highest BCUT2D eigenvalue weighted by Gasteiger charge is 2.27. The van der Waals surface area contributed by atoms with Crippen molar-refractivity contribution in [1.29, 1.82) is 0 Å². The molecule has 0 saturated heterocycles. The lowest BCUT2D eigenvalue weighted by Gasteiger charge is -2.26. The zero-order valence-electron chi connectivity index (χ0n) is 17.0. The Bertz CT molecular complexity index is 893. The van der Waals surface area contributed by atoms with Gasteiger partial charge in [-0.25, -0.2) is 13.4 Å². The molecule has 2 aliphatic rings.